The molecule has 1 saturated heterocycles. The fourth-order valence-corrected chi connectivity index (χ4v) is 3.80. The predicted molar refractivity (Wildman–Crippen MR) is 116 cm³/mol. The SMILES string of the molecule is Cc1ccc2c(Nc3ccc(N4CCN(C)C(C)C4)cc3)c(CO)cnc2c1. The van der Waals surface area contributed by atoms with Gasteiger partial charge in [-0.25, -0.2) is 0 Å². The maximum atomic E-state index is 9.78. The summed E-state index contributed by atoms with van der Waals surface area (Å²) in [7, 11) is 2.19. The normalized spacial score (nSPS) is 17.9. The Balaban J connectivity index is 1.59. The summed E-state index contributed by atoms with van der Waals surface area (Å²) in [6.45, 7) is 7.48. The topological polar surface area (TPSA) is 51.6 Å². The number of hydrogen-bond donors (Lipinski definition) is 2. The van der Waals surface area contributed by atoms with Crippen molar-refractivity contribution in [1.82, 2.24) is 9.88 Å². The third-order valence-corrected chi connectivity index (χ3v) is 5.73. The summed E-state index contributed by atoms with van der Waals surface area (Å²) in [6, 6.07) is 15.3. The van der Waals surface area contributed by atoms with Crippen LogP contribution in [0, 0.1) is 6.92 Å². The van der Waals surface area contributed by atoms with Crippen molar-refractivity contribution in [3.8, 4) is 0 Å². The highest BCUT2D eigenvalue weighted by Crippen LogP contribution is 2.30. The number of likely N-dealkylation sites (N-methyl/N-ethyl adjacent to an activating group) is 1. The van der Waals surface area contributed by atoms with Crippen LogP contribution in [0.4, 0.5) is 17.1 Å². The van der Waals surface area contributed by atoms with Crippen LogP contribution < -0.4 is 10.2 Å². The van der Waals surface area contributed by atoms with E-state index in [1.54, 1.807) is 6.20 Å². The van der Waals surface area contributed by atoms with Crippen molar-refractivity contribution in [3.05, 3.63) is 59.8 Å². The molecule has 0 amide bonds. The average Bonchev–Trinajstić information content (AvgIpc) is 2.70. The lowest BCUT2D eigenvalue weighted by molar-refractivity contribution is 0.234. The van der Waals surface area contributed by atoms with Crippen molar-refractivity contribution in [2.24, 2.45) is 0 Å². The molecule has 1 aromatic heterocycles. The average molecular weight is 377 g/mol. The zero-order valence-corrected chi connectivity index (χ0v) is 16.8. The second-order valence-corrected chi connectivity index (χ2v) is 7.78. The Kier molecular flexibility index (Phi) is 5.20. The number of aliphatic hydroxyl groups excluding tert-OH is 1. The van der Waals surface area contributed by atoms with Gasteiger partial charge in [-0.05, 0) is 56.8 Å². The molecular formula is C23H28N4O. The summed E-state index contributed by atoms with van der Waals surface area (Å²) >= 11 is 0. The van der Waals surface area contributed by atoms with Crippen LogP contribution in [0.2, 0.25) is 0 Å². The van der Waals surface area contributed by atoms with Gasteiger partial charge in [-0.2, -0.15) is 0 Å². The summed E-state index contributed by atoms with van der Waals surface area (Å²) in [5.74, 6) is 0. The van der Waals surface area contributed by atoms with Gasteiger partial charge in [0.2, 0.25) is 0 Å². The molecule has 0 aliphatic carbocycles. The predicted octanol–water partition coefficient (Wildman–Crippen LogP) is 3.92. The number of rotatable bonds is 4. The molecule has 0 saturated carbocycles. The number of anilines is 3. The number of piperazine rings is 1. The molecule has 2 N–H and O–H groups in total. The Bertz CT molecular complexity index is 970. The molecule has 5 heteroatoms. The van der Waals surface area contributed by atoms with Gasteiger partial charge >= 0.3 is 0 Å². The van der Waals surface area contributed by atoms with Crippen LogP contribution in [-0.2, 0) is 6.61 Å². The lowest BCUT2D eigenvalue weighted by atomic mass is 10.1. The van der Waals surface area contributed by atoms with Crippen LogP contribution in [0.5, 0.6) is 0 Å². The maximum absolute atomic E-state index is 9.78. The summed E-state index contributed by atoms with van der Waals surface area (Å²) in [5.41, 5.74) is 6.09. The minimum atomic E-state index is -0.0452. The van der Waals surface area contributed by atoms with Crippen LogP contribution in [-0.4, -0.2) is 47.7 Å². The third-order valence-electron chi connectivity index (χ3n) is 5.73. The van der Waals surface area contributed by atoms with Crippen LogP contribution in [0.1, 0.15) is 18.1 Å². The van der Waals surface area contributed by atoms with Gasteiger partial charge in [0, 0.05) is 54.2 Å². The Morgan fingerprint density at radius 1 is 1.14 bits per heavy atom. The molecule has 1 aliphatic rings. The number of aromatic nitrogens is 1. The largest absolute Gasteiger partial charge is 0.392 e. The van der Waals surface area contributed by atoms with Crippen LogP contribution in [0.25, 0.3) is 10.9 Å². The first-order chi connectivity index (χ1) is 13.5. The zero-order valence-electron chi connectivity index (χ0n) is 16.8. The maximum Gasteiger partial charge on any atom is 0.0725 e. The summed E-state index contributed by atoms with van der Waals surface area (Å²) in [6.07, 6.45) is 1.75. The first kappa shape index (κ1) is 18.7. The smallest absolute Gasteiger partial charge is 0.0725 e. The second-order valence-electron chi connectivity index (χ2n) is 7.78. The van der Waals surface area contributed by atoms with Crippen molar-refractivity contribution in [1.29, 1.82) is 0 Å². The summed E-state index contributed by atoms with van der Waals surface area (Å²) in [5, 5.41) is 14.3. The molecule has 28 heavy (non-hydrogen) atoms. The summed E-state index contributed by atoms with van der Waals surface area (Å²) < 4.78 is 0. The molecule has 2 aromatic carbocycles. The van der Waals surface area contributed by atoms with E-state index in [-0.39, 0.29) is 6.61 Å². The molecule has 1 fully saturated rings. The number of aryl methyl sites for hydroxylation is 1. The van der Waals surface area contributed by atoms with E-state index in [4.69, 9.17) is 0 Å². The lowest BCUT2D eigenvalue weighted by Crippen LogP contribution is -2.50. The van der Waals surface area contributed by atoms with E-state index < -0.39 is 0 Å². The lowest BCUT2D eigenvalue weighted by Gasteiger charge is -2.39. The Labute approximate surface area is 166 Å². The molecular weight excluding hydrogens is 348 g/mol. The van der Waals surface area contributed by atoms with Crippen LogP contribution >= 0.6 is 0 Å². The molecule has 4 rings (SSSR count). The van der Waals surface area contributed by atoms with Crippen LogP contribution in [0.15, 0.2) is 48.7 Å². The number of hydrogen-bond acceptors (Lipinski definition) is 5. The molecule has 2 heterocycles. The molecule has 5 nitrogen and oxygen atoms in total. The van der Waals surface area contributed by atoms with Gasteiger partial charge in [-0.3, -0.25) is 4.98 Å². The van der Waals surface area contributed by atoms with E-state index in [0.717, 1.165) is 47.5 Å². The Morgan fingerprint density at radius 2 is 1.93 bits per heavy atom. The highest BCUT2D eigenvalue weighted by atomic mass is 16.3. The van der Waals surface area contributed by atoms with Crippen molar-refractivity contribution in [2.75, 3.05) is 36.9 Å². The van der Waals surface area contributed by atoms with E-state index in [0.29, 0.717) is 6.04 Å². The molecule has 0 radical (unpaired) electrons. The number of benzene rings is 2. The Morgan fingerprint density at radius 3 is 2.64 bits per heavy atom. The second kappa shape index (κ2) is 7.78. The molecule has 3 aromatic rings. The first-order valence-corrected chi connectivity index (χ1v) is 9.86. The Hall–Kier alpha value is -2.63. The van der Waals surface area contributed by atoms with Gasteiger partial charge in [0.1, 0.15) is 0 Å². The van der Waals surface area contributed by atoms with Gasteiger partial charge in [-0.1, -0.05) is 12.1 Å². The van der Waals surface area contributed by atoms with Gasteiger partial charge in [0.15, 0.2) is 0 Å². The monoisotopic (exact) mass is 376 g/mol. The van der Waals surface area contributed by atoms with E-state index >= 15 is 0 Å². The summed E-state index contributed by atoms with van der Waals surface area (Å²) in [4.78, 5) is 9.34. The number of aliphatic hydroxyl groups is 1. The molecule has 0 spiro atoms. The zero-order chi connectivity index (χ0) is 19.7. The van der Waals surface area contributed by atoms with Gasteiger partial charge in [0.05, 0.1) is 17.8 Å². The van der Waals surface area contributed by atoms with Gasteiger partial charge in [0.25, 0.3) is 0 Å². The number of nitrogens with zero attached hydrogens (tertiary/aromatic N) is 3. The number of nitrogens with one attached hydrogen (secondary N) is 1. The third kappa shape index (κ3) is 3.68. The van der Waals surface area contributed by atoms with Crippen molar-refractivity contribution >= 4 is 28.0 Å². The van der Waals surface area contributed by atoms with Gasteiger partial charge < -0.3 is 20.2 Å². The van der Waals surface area contributed by atoms with Crippen LogP contribution in [0.3, 0.4) is 0 Å². The van der Waals surface area contributed by atoms with E-state index in [1.807, 2.05) is 0 Å². The van der Waals surface area contributed by atoms with Crippen molar-refractivity contribution in [2.45, 2.75) is 26.5 Å². The minimum Gasteiger partial charge on any atom is -0.392 e. The molecule has 0 bridgehead atoms. The van der Waals surface area contributed by atoms with Gasteiger partial charge in [-0.15, -0.1) is 0 Å². The van der Waals surface area contributed by atoms with E-state index in [1.165, 1.54) is 11.3 Å². The highest BCUT2D eigenvalue weighted by Gasteiger charge is 2.20. The quantitative estimate of drug-likeness (QED) is 0.723. The highest BCUT2D eigenvalue weighted by molar-refractivity contribution is 5.95. The molecule has 146 valence electrons. The standard InChI is InChI=1S/C23H28N4O/c1-16-4-9-21-22(12-16)24-13-18(15-28)23(21)25-19-5-7-20(8-6-19)27-11-10-26(3)17(2)14-27/h4-9,12-13,17,28H,10-11,14-15H2,1-3H3,(H,24,25). The fourth-order valence-electron chi connectivity index (χ4n) is 3.80. The minimum absolute atomic E-state index is 0.0452. The fraction of sp³-hybridized carbons (Fsp3) is 0.348. The molecule has 1 aliphatic heterocycles. The first-order valence-electron chi connectivity index (χ1n) is 9.86. The molecule has 1 unspecified atom stereocenters. The van der Waals surface area contributed by atoms with E-state index in [2.05, 4.69) is 83.5 Å². The van der Waals surface area contributed by atoms with E-state index in [9.17, 15) is 5.11 Å². The van der Waals surface area contributed by atoms with Crippen molar-refractivity contribution < 1.29 is 5.11 Å². The number of fused-ring (bicyclic) bond motifs is 1. The van der Waals surface area contributed by atoms with Crippen molar-refractivity contribution in [3.63, 3.8) is 0 Å². The number of pyridine rings is 1. The molecule has 1 atom stereocenters.